The third kappa shape index (κ3) is 5.28. The summed E-state index contributed by atoms with van der Waals surface area (Å²) >= 11 is 1.24. The van der Waals surface area contributed by atoms with Crippen LogP contribution in [0.2, 0.25) is 0 Å². The fourth-order valence-corrected chi connectivity index (χ4v) is 0.723. The molecular weight excluding hydrogens is 134 g/mol. The van der Waals surface area contributed by atoms with Crippen molar-refractivity contribution in [3.05, 3.63) is 12.8 Å². The van der Waals surface area contributed by atoms with Crippen molar-refractivity contribution in [3.63, 3.8) is 0 Å². The lowest BCUT2D eigenvalue weighted by Crippen LogP contribution is -2.19. The van der Waals surface area contributed by atoms with E-state index in [1.807, 2.05) is 0 Å². The van der Waals surface area contributed by atoms with Crippen LogP contribution in [0.3, 0.4) is 0 Å². The lowest BCUT2D eigenvalue weighted by atomic mass is 10.8. The summed E-state index contributed by atoms with van der Waals surface area (Å²) < 4.78 is 0. The molecule has 0 saturated carbocycles. The number of terminal acetylenes is 1. The molecule has 0 radical (unpaired) electrons. The number of nitrogens with one attached hydrogen (secondary N) is 1. The molecule has 0 aromatic rings. The molecule has 2 nitrogen and oxygen atoms in total. The van der Waals surface area contributed by atoms with Gasteiger partial charge < -0.3 is 10.4 Å². The van der Waals surface area contributed by atoms with Gasteiger partial charge in [-0.25, -0.2) is 0 Å². The Balaban J connectivity index is 3.17. The third-order valence-electron chi connectivity index (χ3n) is 0.585. The Morgan fingerprint density at radius 2 is 2.67 bits per heavy atom. The van der Waals surface area contributed by atoms with E-state index in [-0.39, 0.29) is 0 Å². The van der Waals surface area contributed by atoms with E-state index in [9.17, 15) is 0 Å². The van der Waals surface area contributed by atoms with Gasteiger partial charge in [0, 0.05) is 0 Å². The monoisotopic (exact) mass is 143 g/mol. The van der Waals surface area contributed by atoms with E-state index in [0.29, 0.717) is 5.75 Å². The summed E-state index contributed by atoms with van der Waals surface area (Å²) in [4.78, 5) is 0. The van der Waals surface area contributed by atoms with Crippen molar-refractivity contribution in [2.75, 3.05) is 5.75 Å². The van der Waals surface area contributed by atoms with E-state index in [1.165, 1.54) is 18.0 Å². The molecule has 0 spiro atoms. The van der Waals surface area contributed by atoms with Crippen LogP contribution in [0.1, 0.15) is 0 Å². The Kier molecular flexibility index (Phi) is 5.18. The van der Waals surface area contributed by atoms with Crippen LogP contribution in [-0.2, 0) is 0 Å². The first-order valence-electron chi connectivity index (χ1n) is 2.41. The second kappa shape index (κ2) is 5.54. The van der Waals surface area contributed by atoms with E-state index in [1.54, 1.807) is 0 Å². The highest BCUT2D eigenvalue weighted by Gasteiger charge is 1.95. The molecule has 0 rings (SSSR count). The van der Waals surface area contributed by atoms with E-state index >= 15 is 0 Å². The first kappa shape index (κ1) is 8.41. The smallest absolute Gasteiger partial charge is 0.173 e. The highest BCUT2D eigenvalue weighted by atomic mass is 32.2. The standard InChI is InChI=1S/C6H9NOS/c1-3-5-9-6(8)7-4-2/h1,4,6-8H,2,5H2. The van der Waals surface area contributed by atoms with Crippen molar-refractivity contribution in [3.8, 4) is 12.3 Å². The molecule has 0 heterocycles. The van der Waals surface area contributed by atoms with E-state index in [4.69, 9.17) is 11.5 Å². The largest absolute Gasteiger partial charge is 0.365 e. The Bertz CT molecular complexity index is 119. The molecular formula is C6H9NOS. The summed E-state index contributed by atoms with van der Waals surface area (Å²) in [5, 5.41) is 11.4. The number of thioether (sulfide) groups is 1. The minimum Gasteiger partial charge on any atom is -0.365 e. The van der Waals surface area contributed by atoms with Crippen LogP contribution in [0.5, 0.6) is 0 Å². The van der Waals surface area contributed by atoms with E-state index in [2.05, 4.69) is 17.8 Å². The molecule has 0 aliphatic rings. The number of aliphatic hydroxyl groups excluding tert-OH is 1. The Hall–Kier alpha value is -0.590. The van der Waals surface area contributed by atoms with Crippen LogP contribution in [0.25, 0.3) is 0 Å². The quantitative estimate of drug-likeness (QED) is 0.440. The van der Waals surface area contributed by atoms with Crippen LogP contribution < -0.4 is 5.32 Å². The van der Waals surface area contributed by atoms with E-state index < -0.39 is 5.56 Å². The van der Waals surface area contributed by atoms with Crippen molar-refractivity contribution < 1.29 is 5.11 Å². The molecule has 0 bridgehead atoms. The summed E-state index contributed by atoms with van der Waals surface area (Å²) in [5.74, 6) is 2.89. The minimum absolute atomic E-state index is 0.502. The molecule has 9 heavy (non-hydrogen) atoms. The highest BCUT2D eigenvalue weighted by molar-refractivity contribution is 7.99. The van der Waals surface area contributed by atoms with Gasteiger partial charge in [0.1, 0.15) is 0 Å². The second-order valence-corrected chi connectivity index (χ2v) is 2.31. The van der Waals surface area contributed by atoms with Crippen molar-refractivity contribution in [2.45, 2.75) is 5.56 Å². The molecule has 0 fully saturated rings. The Morgan fingerprint density at radius 3 is 3.11 bits per heavy atom. The zero-order valence-electron chi connectivity index (χ0n) is 5.00. The molecule has 0 aromatic heterocycles. The van der Waals surface area contributed by atoms with Gasteiger partial charge in [-0.05, 0) is 6.20 Å². The summed E-state index contributed by atoms with van der Waals surface area (Å²) in [6.45, 7) is 3.37. The summed E-state index contributed by atoms with van der Waals surface area (Å²) in [5.41, 5.74) is -0.626. The molecule has 3 heteroatoms. The fourth-order valence-electron chi connectivity index (χ4n) is 0.276. The maximum Gasteiger partial charge on any atom is 0.173 e. The zero-order valence-corrected chi connectivity index (χ0v) is 5.82. The van der Waals surface area contributed by atoms with Crippen molar-refractivity contribution in [1.29, 1.82) is 0 Å². The number of rotatable bonds is 4. The topological polar surface area (TPSA) is 32.3 Å². The Labute approximate surface area is 59.3 Å². The SMILES string of the molecule is C#CCSC(O)NC=C. The Morgan fingerprint density at radius 1 is 2.00 bits per heavy atom. The normalized spacial score (nSPS) is 11.6. The predicted molar refractivity (Wildman–Crippen MR) is 40.6 cm³/mol. The molecule has 2 N–H and O–H groups in total. The van der Waals surface area contributed by atoms with Gasteiger partial charge in [0.2, 0.25) is 0 Å². The zero-order chi connectivity index (χ0) is 7.11. The predicted octanol–water partition coefficient (Wildman–Crippen LogP) is 0.362. The van der Waals surface area contributed by atoms with Gasteiger partial charge >= 0.3 is 0 Å². The molecule has 50 valence electrons. The molecule has 0 saturated heterocycles. The van der Waals surface area contributed by atoms with Gasteiger partial charge in [0.25, 0.3) is 0 Å². The highest BCUT2D eigenvalue weighted by Crippen LogP contribution is 2.02. The fraction of sp³-hybridized carbons (Fsp3) is 0.333. The third-order valence-corrected chi connectivity index (χ3v) is 1.37. The van der Waals surface area contributed by atoms with Gasteiger partial charge in [0.05, 0.1) is 5.75 Å². The van der Waals surface area contributed by atoms with Crippen LogP contribution in [0.4, 0.5) is 0 Å². The molecule has 1 atom stereocenters. The first-order chi connectivity index (χ1) is 4.31. The van der Waals surface area contributed by atoms with Crippen LogP contribution in [0.15, 0.2) is 12.8 Å². The average molecular weight is 143 g/mol. The van der Waals surface area contributed by atoms with Gasteiger partial charge in [-0.1, -0.05) is 24.3 Å². The second-order valence-electron chi connectivity index (χ2n) is 1.24. The van der Waals surface area contributed by atoms with Gasteiger partial charge in [-0.3, -0.25) is 0 Å². The van der Waals surface area contributed by atoms with Gasteiger partial charge in [0.15, 0.2) is 5.56 Å². The molecule has 0 aromatic carbocycles. The maximum absolute atomic E-state index is 8.87. The number of hydrogen-bond acceptors (Lipinski definition) is 3. The first-order valence-corrected chi connectivity index (χ1v) is 3.46. The lowest BCUT2D eigenvalue weighted by molar-refractivity contribution is 0.244. The minimum atomic E-state index is -0.626. The van der Waals surface area contributed by atoms with Gasteiger partial charge in [-0.15, -0.1) is 6.42 Å². The summed E-state index contributed by atoms with van der Waals surface area (Å²) in [7, 11) is 0. The van der Waals surface area contributed by atoms with Crippen LogP contribution in [0, 0.1) is 12.3 Å². The van der Waals surface area contributed by atoms with Crippen molar-refractivity contribution in [2.24, 2.45) is 0 Å². The van der Waals surface area contributed by atoms with Crippen molar-refractivity contribution >= 4 is 11.8 Å². The summed E-state index contributed by atoms with van der Waals surface area (Å²) in [6.07, 6.45) is 6.36. The van der Waals surface area contributed by atoms with E-state index in [0.717, 1.165) is 0 Å². The average Bonchev–Trinajstić information content (AvgIpc) is 1.85. The van der Waals surface area contributed by atoms with Crippen LogP contribution >= 0.6 is 11.8 Å². The lowest BCUT2D eigenvalue weighted by Gasteiger charge is -2.05. The number of aliphatic hydroxyl groups is 1. The molecule has 0 amide bonds. The van der Waals surface area contributed by atoms with Gasteiger partial charge in [-0.2, -0.15) is 0 Å². The van der Waals surface area contributed by atoms with Crippen molar-refractivity contribution in [1.82, 2.24) is 5.32 Å². The summed E-state index contributed by atoms with van der Waals surface area (Å²) in [6, 6.07) is 0. The number of hydrogen-bond donors (Lipinski definition) is 2. The maximum atomic E-state index is 8.87. The molecule has 0 aliphatic heterocycles. The molecule has 1 unspecified atom stereocenters. The van der Waals surface area contributed by atoms with Crippen LogP contribution in [-0.4, -0.2) is 16.4 Å². The molecule has 0 aliphatic carbocycles.